The summed E-state index contributed by atoms with van der Waals surface area (Å²) < 4.78 is 37.1. The minimum absolute atomic E-state index is 0.00811. The highest BCUT2D eigenvalue weighted by Gasteiger charge is 2.13. The monoisotopic (exact) mass is 370 g/mol. The molecule has 0 saturated heterocycles. The molecule has 0 aliphatic rings. The van der Waals surface area contributed by atoms with Gasteiger partial charge in [-0.3, -0.25) is 4.79 Å². The Labute approximate surface area is 154 Å². The highest BCUT2D eigenvalue weighted by atomic mass is 19.1. The maximum atomic E-state index is 13.0. The number of aldehydes is 1. The predicted octanol–water partition coefficient (Wildman–Crippen LogP) is 4.64. The minimum atomic E-state index is -0.360. The molecule has 3 aromatic carbocycles. The lowest BCUT2D eigenvalue weighted by molar-refractivity contribution is 0.111. The first-order valence-corrected chi connectivity index (χ1v) is 8.12. The number of halogens is 2. The van der Waals surface area contributed by atoms with Gasteiger partial charge >= 0.3 is 0 Å². The lowest BCUT2D eigenvalue weighted by atomic mass is 10.1. The zero-order valence-electron chi connectivity index (χ0n) is 14.2. The Morgan fingerprint density at radius 3 is 1.85 bits per heavy atom. The van der Waals surface area contributed by atoms with Crippen LogP contribution in [0, 0.1) is 11.6 Å². The van der Waals surface area contributed by atoms with Crippen LogP contribution in [0.3, 0.4) is 0 Å². The Morgan fingerprint density at radius 1 is 0.815 bits per heavy atom. The van der Waals surface area contributed by atoms with Crippen LogP contribution in [0.25, 0.3) is 0 Å². The van der Waals surface area contributed by atoms with Crippen LogP contribution in [-0.4, -0.2) is 11.4 Å². The van der Waals surface area contributed by atoms with Crippen LogP contribution in [0.15, 0.2) is 60.7 Å². The van der Waals surface area contributed by atoms with Crippen LogP contribution in [0.2, 0.25) is 0 Å². The fraction of sp³-hybridized carbons (Fsp3) is 0.0952. The maximum absolute atomic E-state index is 13.0. The van der Waals surface area contributed by atoms with Crippen LogP contribution in [-0.2, 0) is 13.2 Å². The molecule has 0 aromatic heterocycles. The number of aromatic hydroxyl groups is 1. The Kier molecular flexibility index (Phi) is 5.66. The number of rotatable bonds is 7. The Bertz CT molecular complexity index is 922. The van der Waals surface area contributed by atoms with E-state index in [9.17, 15) is 18.7 Å². The van der Waals surface area contributed by atoms with Crippen LogP contribution >= 0.6 is 0 Å². The van der Waals surface area contributed by atoms with E-state index >= 15 is 0 Å². The number of hydrogen-bond donors (Lipinski definition) is 1. The quantitative estimate of drug-likeness (QED) is 0.616. The standard InChI is InChI=1S/C21H16F2O4/c22-16-5-1-14(2-6-16)12-26-18-9-20(25)19(11-24)21(10-18)27-13-15-3-7-17(23)8-4-15/h1-11,25H,12-13H2. The van der Waals surface area contributed by atoms with Gasteiger partial charge < -0.3 is 14.6 Å². The van der Waals surface area contributed by atoms with E-state index < -0.39 is 0 Å². The van der Waals surface area contributed by atoms with Gasteiger partial charge in [0.1, 0.15) is 42.1 Å². The zero-order chi connectivity index (χ0) is 19.2. The van der Waals surface area contributed by atoms with Gasteiger partial charge in [0.15, 0.2) is 6.29 Å². The molecule has 0 unspecified atom stereocenters. The molecule has 0 spiro atoms. The van der Waals surface area contributed by atoms with Crippen molar-refractivity contribution < 1.29 is 28.2 Å². The Hall–Kier alpha value is -3.41. The molecule has 0 heterocycles. The van der Waals surface area contributed by atoms with Crippen molar-refractivity contribution in [1.29, 1.82) is 0 Å². The van der Waals surface area contributed by atoms with Gasteiger partial charge in [-0.25, -0.2) is 8.78 Å². The summed E-state index contributed by atoms with van der Waals surface area (Å²) in [4.78, 5) is 11.3. The summed E-state index contributed by atoms with van der Waals surface area (Å²) in [5.41, 5.74) is 1.43. The molecule has 0 amide bonds. The van der Waals surface area contributed by atoms with Gasteiger partial charge in [0, 0.05) is 12.1 Å². The van der Waals surface area contributed by atoms with Crippen molar-refractivity contribution in [3.8, 4) is 17.2 Å². The van der Waals surface area contributed by atoms with E-state index in [1.807, 2.05) is 0 Å². The number of ether oxygens (including phenoxy) is 2. The molecular weight excluding hydrogens is 354 g/mol. The summed E-state index contributed by atoms with van der Waals surface area (Å²) in [7, 11) is 0. The lowest BCUT2D eigenvalue weighted by Crippen LogP contribution is -2.01. The molecule has 0 aliphatic carbocycles. The third-order valence-corrected chi connectivity index (χ3v) is 3.84. The smallest absolute Gasteiger partial charge is 0.157 e. The highest BCUT2D eigenvalue weighted by Crippen LogP contribution is 2.33. The van der Waals surface area contributed by atoms with E-state index in [1.54, 1.807) is 24.3 Å². The Morgan fingerprint density at radius 2 is 1.33 bits per heavy atom. The van der Waals surface area contributed by atoms with Gasteiger partial charge in [-0.2, -0.15) is 0 Å². The molecule has 0 radical (unpaired) electrons. The summed E-state index contributed by atoms with van der Waals surface area (Å²) >= 11 is 0. The van der Waals surface area contributed by atoms with Gasteiger partial charge in [0.2, 0.25) is 0 Å². The van der Waals surface area contributed by atoms with E-state index in [-0.39, 0.29) is 47.7 Å². The van der Waals surface area contributed by atoms with Crippen molar-refractivity contribution in [1.82, 2.24) is 0 Å². The molecule has 3 rings (SSSR count). The first-order valence-electron chi connectivity index (χ1n) is 8.12. The van der Waals surface area contributed by atoms with Crippen molar-refractivity contribution in [2.24, 2.45) is 0 Å². The largest absolute Gasteiger partial charge is 0.507 e. The number of benzene rings is 3. The molecule has 0 saturated carbocycles. The second kappa shape index (κ2) is 8.31. The van der Waals surface area contributed by atoms with Crippen molar-refractivity contribution in [3.63, 3.8) is 0 Å². The average Bonchev–Trinajstić information content (AvgIpc) is 2.67. The van der Waals surface area contributed by atoms with Crippen LogP contribution in [0.1, 0.15) is 21.5 Å². The molecular formula is C21H16F2O4. The first kappa shape index (κ1) is 18.4. The van der Waals surface area contributed by atoms with Gasteiger partial charge in [-0.15, -0.1) is 0 Å². The molecule has 0 aliphatic heterocycles. The SMILES string of the molecule is O=Cc1c(O)cc(OCc2ccc(F)cc2)cc1OCc1ccc(F)cc1. The van der Waals surface area contributed by atoms with Crippen molar-refractivity contribution in [2.75, 3.05) is 0 Å². The van der Waals surface area contributed by atoms with Crippen molar-refractivity contribution >= 4 is 6.29 Å². The van der Waals surface area contributed by atoms with Gasteiger partial charge in [0.05, 0.1) is 5.56 Å². The zero-order valence-corrected chi connectivity index (χ0v) is 14.2. The number of phenolic OH excluding ortho intramolecular Hbond substituents is 1. The van der Waals surface area contributed by atoms with Gasteiger partial charge in [0.25, 0.3) is 0 Å². The summed E-state index contributed by atoms with van der Waals surface area (Å²) in [6, 6.07) is 14.3. The summed E-state index contributed by atoms with van der Waals surface area (Å²) in [5, 5.41) is 10.0. The van der Waals surface area contributed by atoms with E-state index in [0.717, 1.165) is 5.56 Å². The normalized spacial score (nSPS) is 10.4. The lowest BCUT2D eigenvalue weighted by Gasteiger charge is -2.13. The summed E-state index contributed by atoms with van der Waals surface area (Å²) in [6.45, 7) is 0.236. The number of hydrogen-bond acceptors (Lipinski definition) is 4. The number of carbonyl (C=O) groups is 1. The molecule has 1 N–H and O–H groups in total. The molecule has 0 fully saturated rings. The average molecular weight is 370 g/mol. The number of phenols is 1. The maximum Gasteiger partial charge on any atom is 0.157 e. The van der Waals surface area contributed by atoms with Crippen molar-refractivity contribution in [2.45, 2.75) is 13.2 Å². The van der Waals surface area contributed by atoms with Crippen LogP contribution < -0.4 is 9.47 Å². The minimum Gasteiger partial charge on any atom is -0.507 e. The highest BCUT2D eigenvalue weighted by molar-refractivity contribution is 5.84. The molecule has 4 nitrogen and oxygen atoms in total. The molecule has 138 valence electrons. The number of carbonyl (C=O) groups excluding carboxylic acids is 1. The summed E-state index contributed by atoms with van der Waals surface area (Å²) in [6.07, 6.45) is 0.485. The third kappa shape index (κ3) is 4.82. The fourth-order valence-electron chi connectivity index (χ4n) is 2.40. The van der Waals surface area contributed by atoms with Crippen LogP contribution in [0.5, 0.6) is 17.2 Å². The molecule has 0 atom stereocenters. The second-order valence-electron chi connectivity index (χ2n) is 5.80. The van der Waals surface area contributed by atoms with Crippen molar-refractivity contribution in [3.05, 3.63) is 89.0 Å². The first-order chi connectivity index (χ1) is 13.0. The molecule has 6 heteroatoms. The fourth-order valence-corrected chi connectivity index (χ4v) is 2.40. The third-order valence-electron chi connectivity index (χ3n) is 3.84. The Balaban J connectivity index is 1.74. The molecule has 3 aromatic rings. The van der Waals surface area contributed by atoms with E-state index in [2.05, 4.69) is 0 Å². The van der Waals surface area contributed by atoms with E-state index in [0.29, 0.717) is 11.8 Å². The van der Waals surface area contributed by atoms with E-state index in [4.69, 9.17) is 9.47 Å². The second-order valence-corrected chi connectivity index (χ2v) is 5.80. The topological polar surface area (TPSA) is 55.8 Å². The van der Waals surface area contributed by atoms with E-state index in [1.165, 1.54) is 36.4 Å². The van der Waals surface area contributed by atoms with Crippen LogP contribution in [0.4, 0.5) is 8.78 Å². The molecule has 27 heavy (non-hydrogen) atoms. The summed E-state index contributed by atoms with van der Waals surface area (Å²) in [5.74, 6) is -0.556. The molecule has 0 bridgehead atoms. The van der Waals surface area contributed by atoms with Gasteiger partial charge in [-0.05, 0) is 35.4 Å². The van der Waals surface area contributed by atoms with Gasteiger partial charge in [-0.1, -0.05) is 24.3 Å². The predicted molar refractivity (Wildman–Crippen MR) is 95.0 cm³/mol.